The second kappa shape index (κ2) is 5.25. The summed E-state index contributed by atoms with van der Waals surface area (Å²) in [4.78, 5) is 0.112. The molecule has 0 amide bonds. The number of rotatable bonds is 3. The third-order valence-corrected chi connectivity index (χ3v) is 4.56. The Bertz CT molecular complexity index is 790. The van der Waals surface area contributed by atoms with Crippen molar-refractivity contribution >= 4 is 9.84 Å². The first-order valence-electron chi connectivity index (χ1n) is 6.27. The fourth-order valence-corrected chi connectivity index (χ4v) is 3.71. The van der Waals surface area contributed by atoms with E-state index in [0.29, 0.717) is 22.4 Å². The molecular formula is C14H17NO5S. The molecule has 0 aliphatic rings. The van der Waals surface area contributed by atoms with Crippen LogP contribution in [-0.2, 0) is 9.84 Å². The molecule has 0 radical (unpaired) electrons. The SMILES string of the molecule is Cc1cc(-c2c(C)c(C(O)O)cc(C)c2S(C)(=O)=O)on1. The lowest BCUT2D eigenvalue weighted by molar-refractivity contribution is -0.0429. The van der Waals surface area contributed by atoms with E-state index in [1.165, 1.54) is 6.07 Å². The van der Waals surface area contributed by atoms with Gasteiger partial charge in [-0.15, -0.1) is 0 Å². The summed E-state index contributed by atoms with van der Waals surface area (Å²) in [6.07, 6.45) is -0.587. The second-order valence-corrected chi connectivity index (χ2v) is 7.04. The van der Waals surface area contributed by atoms with Crippen LogP contribution in [0.25, 0.3) is 11.3 Å². The molecule has 114 valence electrons. The summed E-state index contributed by atoms with van der Waals surface area (Å²) >= 11 is 0. The maximum absolute atomic E-state index is 12.1. The first-order valence-corrected chi connectivity index (χ1v) is 8.16. The van der Waals surface area contributed by atoms with Crippen LogP contribution in [0.3, 0.4) is 0 Å². The van der Waals surface area contributed by atoms with E-state index >= 15 is 0 Å². The van der Waals surface area contributed by atoms with Gasteiger partial charge in [0, 0.05) is 23.4 Å². The molecule has 0 unspecified atom stereocenters. The highest BCUT2D eigenvalue weighted by Crippen LogP contribution is 2.37. The van der Waals surface area contributed by atoms with Crippen molar-refractivity contribution in [1.29, 1.82) is 0 Å². The van der Waals surface area contributed by atoms with Gasteiger partial charge in [0.05, 0.1) is 10.6 Å². The Hall–Kier alpha value is -1.70. The van der Waals surface area contributed by atoms with Crippen molar-refractivity contribution in [3.8, 4) is 11.3 Å². The van der Waals surface area contributed by atoms with Crippen LogP contribution >= 0.6 is 0 Å². The number of nitrogens with zero attached hydrogens (tertiary/aromatic N) is 1. The number of aliphatic hydroxyl groups is 2. The highest BCUT2D eigenvalue weighted by atomic mass is 32.2. The summed E-state index contributed by atoms with van der Waals surface area (Å²) in [5.74, 6) is 0.288. The van der Waals surface area contributed by atoms with E-state index in [4.69, 9.17) is 4.52 Å². The Morgan fingerprint density at radius 2 is 1.81 bits per heavy atom. The monoisotopic (exact) mass is 311 g/mol. The van der Waals surface area contributed by atoms with E-state index in [2.05, 4.69) is 5.16 Å². The number of sulfone groups is 1. The van der Waals surface area contributed by atoms with Crippen LogP contribution in [0.5, 0.6) is 0 Å². The van der Waals surface area contributed by atoms with Gasteiger partial charge in [0.2, 0.25) is 0 Å². The quantitative estimate of drug-likeness (QED) is 0.836. The van der Waals surface area contributed by atoms with Gasteiger partial charge in [-0.05, 0) is 38.0 Å². The number of aryl methyl sites for hydroxylation is 2. The molecule has 0 bridgehead atoms. The van der Waals surface area contributed by atoms with Crippen LogP contribution in [0.4, 0.5) is 0 Å². The highest BCUT2D eigenvalue weighted by molar-refractivity contribution is 7.90. The summed E-state index contributed by atoms with van der Waals surface area (Å²) in [6, 6.07) is 3.08. The Labute approximate surface area is 122 Å². The van der Waals surface area contributed by atoms with Crippen LogP contribution in [0.15, 0.2) is 21.6 Å². The number of aromatic nitrogens is 1. The third kappa shape index (κ3) is 2.85. The van der Waals surface area contributed by atoms with Gasteiger partial charge < -0.3 is 14.7 Å². The molecule has 0 aliphatic heterocycles. The zero-order valence-corrected chi connectivity index (χ0v) is 13.0. The maximum Gasteiger partial charge on any atom is 0.178 e. The topological polar surface area (TPSA) is 101 Å². The van der Waals surface area contributed by atoms with E-state index < -0.39 is 16.1 Å². The van der Waals surface area contributed by atoms with E-state index in [-0.39, 0.29) is 16.2 Å². The Balaban J connectivity index is 2.93. The fraction of sp³-hybridized carbons (Fsp3) is 0.357. The van der Waals surface area contributed by atoms with E-state index in [1.807, 2.05) is 0 Å². The van der Waals surface area contributed by atoms with Crippen molar-refractivity contribution < 1.29 is 23.2 Å². The van der Waals surface area contributed by atoms with Gasteiger partial charge in [-0.1, -0.05) is 5.16 Å². The molecule has 2 aromatic rings. The molecule has 0 fully saturated rings. The molecule has 1 heterocycles. The zero-order valence-electron chi connectivity index (χ0n) is 12.2. The molecule has 0 aliphatic carbocycles. The molecule has 6 nitrogen and oxygen atoms in total. The Morgan fingerprint density at radius 3 is 2.24 bits per heavy atom. The molecular weight excluding hydrogens is 294 g/mol. The Morgan fingerprint density at radius 1 is 1.19 bits per heavy atom. The minimum atomic E-state index is -3.52. The van der Waals surface area contributed by atoms with Gasteiger partial charge in [0.25, 0.3) is 0 Å². The predicted molar refractivity (Wildman–Crippen MR) is 76.4 cm³/mol. The number of hydrogen-bond donors (Lipinski definition) is 2. The second-order valence-electron chi connectivity index (χ2n) is 5.09. The fourth-order valence-electron chi connectivity index (χ4n) is 2.44. The predicted octanol–water partition coefficient (Wildman–Crippen LogP) is 1.65. The van der Waals surface area contributed by atoms with Crippen molar-refractivity contribution in [3.05, 3.63) is 34.5 Å². The van der Waals surface area contributed by atoms with Gasteiger partial charge in [-0.3, -0.25) is 0 Å². The van der Waals surface area contributed by atoms with Crippen LogP contribution in [0, 0.1) is 20.8 Å². The van der Waals surface area contributed by atoms with Crippen molar-refractivity contribution in [2.75, 3.05) is 6.26 Å². The molecule has 0 spiro atoms. The van der Waals surface area contributed by atoms with Crippen molar-refractivity contribution in [1.82, 2.24) is 5.16 Å². The highest BCUT2D eigenvalue weighted by Gasteiger charge is 2.25. The largest absolute Gasteiger partial charge is 0.364 e. The summed E-state index contributed by atoms with van der Waals surface area (Å²) in [7, 11) is -3.52. The molecule has 0 saturated heterocycles. The van der Waals surface area contributed by atoms with Crippen LogP contribution < -0.4 is 0 Å². The minimum Gasteiger partial charge on any atom is -0.364 e. The van der Waals surface area contributed by atoms with Crippen LogP contribution in [0.2, 0.25) is 0 Å². The lowest BCUT2D eigenvalue weighted by atomic mass is 9.96. The average Bonchev–Trinajstić information content (AvgIpc) is 2.75. The summed E-state index contributed by atoms with van der Waals surface area (Å²) in [5, 5.41) is 22.7. The smallest absolute Gasteiger partial charge is 0.178 e. The van der Waals surface area contributed by atoms with Crippen molar-refractivity contribution in [2.45, 2.75) is 32.0 Å². The van der Waals surface area contributed by atoms with Crippen LogP contribution in [0.1, 0.15) is 28.7 Å². The van der Waals surface area contributed by atoms with Crippen molar-refractivity contribution in [2.24, 2.45) is 0 Å². The minimum absolute atomic E-state index is 0.112. The first kappa shape index (κ1) is 15.7. The van der Waals surface area contributed by atoms with Gasteiger partial charge >= 0.3 is 0 Å². The standard InChI is InChI=1S/C14H17NO5S/c1-7-5-10(14(16)17)9(3)12(13(7)21(4,18)19)11-6-8(2)15-20-11/h5-6,14,16-17H,1-4H3. The number of hydrogen-bond acceptors (Lipinski definition) is 6. The average molecular weight is 311 g/mol. The molecule has 2 rings (SSSR count). The summed E-state index contributed by atoms with van der Waals surface area (Å²) in [6.45, 7) is 4.95. The Kier molecular flexibility index (Phi) is 3.92. The molecule has 1 aromatic heterocycles. The van der Waals surface area contributed by atoms with Gasteiger partial charge in [-0.2, -0.15) is 0 Å². The molecule has 2 N–H and O–H groups in total. The summed E-state index contributed by atoms with van der Waals surface area (Å²) in [5.41, 5.74) is 2.03. The van der Waals surface area contributed by atoms with E-state index in [1.54, 1.807) is 26.8 Å². The molecule has 0 saturated carbocycles. The molecule has 0 atom stereocenters. The van der Waals surface area contributed by atoms with Gasteiger partial charge in [0.15, 0.2) is 21.9 Å². The molecule has 21 heavy (non-hydrogen) atoms. The first-order chi connectivity index (χ1) is 9.62. The summed E-state index contributed by atoms with van der Waals surface area (Å²) < 4.78 is 29.4. The van der Waals surface area contributed by atoms with Crippen LogP contribution in [-0.4, -0.2) is 30.0 Å². The van der Waals surface area contributed by atoms with Gasteiger partial charge in [0.1, 0.15) is 0 Å². The molecule has 7 heteroatoms. The lowest BCUT2D eigenvalue weighted by Crippen LogP contribution is -2.09. The lowest BCUT2D eigenvalue weighted by Gasteiger charge is -2.17. The van der Waals surface area contributed by atoms with Crippen molar-refractivity contribution in [3.63, 3.8) is 0 Å². The van der Waals surface area contributed by atoms with E-state index in [9.17, 15) is 18.6 Å². The number of aliphatic hydroxyl groups excluding tert-OH is 1. The number of benzene rings is 1. The maximum atomic E-state index is 12.1. The van der Waals surface area contributed by atoms with E-state index in [0.717, 1.165) is 6.26 Å². The molecule has 1 aromatic carbocycles. The zero-order chi connectivity index (χ0) is 15.9. The normalized spacial score (nSPS) is 12.1. The van der Waals surface area contributed by atoms with Gasteiger partial charge in [-0.25, -0.2) is 8.42 Å². The third-order valence-electron chi connectivity index (χ3n) is 3.29.